The predicted octanol–water partition coefficient (Wildman–Crippen LogP) is 3.53. The Bertz CT molecular complexity index is 651. The number of hydrogen-bond donors (Lipinski definition) is 1. The van der Waals surface area contributed by atoms with Gasteiger partial charge in [-0.3, -0.25) is 0 Å². The van der Waals surface area contributed by atoms with Crippen molar-refractivity contribution in [3.05, 3.63) is 40.2 Å². The Hall–Kier alpha value is -1.60. The average Bonchev–Trinajstić information content (AvgIpc) is 2.78. The second kappa shape index (κ2) is 5.65. The van der Waals surface area contributed by atoms with Gasteiger partial charge in [-0.15, -0.1) is 5.10 Å². The Balaban J connectivity index is 2.46. The van der Waals surface area contributed by atoms with Gasteiger partial charge in [0.05, 0.1) is 28.0 Å². The third kappa shape index (κ3) is 3.03. The first-order valence-electron chi connectivity index (χ1n) is 6.22. The lowest BCUT2D eigenvalue weighted by Gasteiger charge is -2.11. The molecule has 114 valence electrons. The summed E-state index contributed by atoms with van der Waals surface area (Å²) in [6.45, 7) is 3.70. The summed E-state index contributed by atoms with van der Waals surface area (Å²) in [5.41, 5.74) is 1.01. The van der Waals surface area contributed by atoms with Gasteiger partial charge in [-0.2, -0.15) is 13.2 Å². The van der Waals surface area contributed by atoms with Crippen LogP contribution in [-0.4, -0.2) is 22.0 Å². The van der Waals surface area contributed by atoms with E-state index in [0.29, 0.717) is 11.4 Å². The molecule has 21 heavy (non-hydrogen) atoms. The van der Waals surface area contributed by atoms with E-state index in [9.17, 15) is 13.2 Å². The van der Waals surface area contributed by atoms with Crippen molar-refractivity contribution >= 4 is 11.6 Å². The Morgan fingerprint density at radius 1 is 1.33 bits per heavy atom. The third-order valence-electron chi connectivity index (χ3n) is 3.28. The zero-order valence-electron chi connectivity index (χ0n) is 11.7. The molecule has 1 aromatic heterocycles. The topological polar surface area (TPSA) is 42.7 Å². The molecule has 0 fully saturated rings. The van der Waals surface area contributed by atoms with Crippen LogP contribution in [0.5, 0.6) is 0 Å². The first-order chi connectivity index (χ1) is 9.75. The summed E-state index contributed by atoms with van der Waals surface area (Å²) in [5, 5.41) is 11.0. The van der Waals surface area contributed by atoms with Crippen LogP contribution in [0.2, 0.25) is 5.02 Å². The molecule has 1 N–H and O–H groups in total. The summed E-state index contributed by atoms with van der Waals surface area (Å²) in [4.78, 5) is 0. The minimum atomic E-state index is -4.43. The average molecular weight is 319 g/mol. The van der Waals surface area contributed by atoms with Crippen LogP contribution >= 0.6 is 11.6 Å². The summed E-state index contributed by atoms with van der Waals surface area (Å²) < 4.78 is 39.3. The predicted molar refractivity (Wildman–Crippen MR) is 73.6 cm³/mol. The Kier molecular flexibility index (Phi) is 4.25. The molecule has 2 rings (SSSR count). The highest BCUT2D eigenvalue weighted by molar-refractivity contribution is 6.32. The van der Waals surface area contributed by atoms with Crippen molar-refractivity contribution in [3.63, 3.8) is 0 Å². The number of hydrogen-bond acceptors (Lipinski definition) is 3. The molecule has 4 nitrogen and oxygen atoms in total. The second-order valence-electron chi connectivity index (χ2n) is 4.65. The van der Waals surface area contributed by atoms with E-state index in [0.717, 1.165) is 17.8 Å². The van der Waals surface area contributed by atoms with E-state index in [4.69, 9.17) is 11.6 Å². The summed E-state index contributed by atoms with van der Waals surface area (Å²) in [5.74, 6) is 0. The van der Waals surface area contributed by atoms with Crippen LogP contribution in [0.25, 0.3) is 5.69 Å². The summed E-state index contributed by atoms with van der Waals surface area (Å²) in [6.07, 6.45) is -4.43. The molecule has 1 aromatic carbocycles. The lowest BCUT2D eigenvalue weighted by atomic mass is 10.1. The largest absolute Gasteiger partial charge is 0.416 e. The van der Waals surface area contributed by atoms with E-state index < -0.39 is 11.7 Å². The molecule has 8 heteroatoms. The van der Waals surface area contributed by atoms with Crippen molar-refractivity contribution in [2.45, 2.75) is 26.1 Å². The van der Waals surface area contributed by atoms with E-state index in [1.54, 1.807) is 14.0 Å². The fourth-order valence-corrected chi connectivity index (χ4v) is 2.22. The monoisotopic (exact) mass is 318 g/mol. The lowest BCUT2D eigenvalue weighted by Crippen LogP contribution is -2.14. The minimum Gasteiger partial charge on any atom is -0.312 e. The van der Waals surface area contributed by atoms with Crippen molar-refractivity contribution in [1.29, 1.82) is 0 Å². The van der Waals surface area contributed by atoms with Crippen LogP contribution in [0.1, 0.15) is 29.9 Å². The molecular weight excluding hydrogens is 305 g/mol. The maximum atomic E-state index is 12.6. The van der Waals surface area contributed by atoms with Gasteiger partial charge in [-0.05, 0) is 39.1 Å². The highest BCUT2D eigenvalue weighted by atomic mass is 35.5. The van der Waals surface area contributed by atoms with Gasteiger partial charge < -0.3 is 5.32 Å². The molecule has 0 aliphatic rings. The van der Waals surface area contributed by atoms with Crippen LogP contribution in [0.4, 0.5) is 13.2 Å². The zero-order chi connectivity index (χ0) is 15.8. The summed E-state index contributed by atoms with van der Waals surface area (Å²) >= 11 is 5.96. The van der Waals surface area contributed by atoms with Gasteiger partial charge >= 0.3 is 6.18 Å². The normalized spacial score (nSPS) is 13.5. The Morgan fingerprint density at radius 2 is 2.00 bits per heavy atom. The number of nitrogens with zero attached hydrogens (tertiary/aromatic N) is 3. The van der Waals surface area contributed by atoms with E-state index in [2.05, 4.69) is 15.6 Å². The highest BCUT2D eigenvalue weighted by Gasteiger charge is 2.31. The third-order valence-corrected chi connectivity index (χ3v) is 3.58. The van der Waals surface area contributed by atoms with Crippen molar-refractivity contribution in [2.75, 3.05) is 7.05 Å². The number of benzene rings is 1. The first kappa shape index (κ1) is 15.8. The van der Waals surface area contributed by atoms with Crippen LogP contribution in [0, 0.1) is 6.92 Å². The van der Waals surface area contributed by atoms with Gasteiger partial charge in [0.1, 0.15) is 5.69 Å². The molecule has 1 atom stereocenters. The summed E-state index contributed by atoms with van der Waals surface area (Å²) in [7, 11) is 1.79. The number of halogens is 4. The second-order valence-corrected chi connectivity index (χ2v) is 5.05. The Labute approximate surface area is 124 Å². The fourth-order valence-electron chi connectivity index (χ4n) is 1.96. The van der Waals surface area contributed by atoms with Crippen molar-refractivity contribution in [3.8, 4) is 5.69 Å². The van der Waals surface area contributed by atoms with Gasteiger partial charge in [0.15, 0.2) is 0 Å². The quantitative estimate of drug-likeness (QED) is 0.941. The van der Waals surface area contributed by atoms with Crippen molar-refractivity contribution in [1.82, 2.24) is 20.3 Å². The molecule has 0 aliphatic heterocycles. The van der Waals surface area contributed by atoms with Crippen LogP contribution < -0.4 is 5.32 Å². The van der Waals surface area contributed by atoms with Crippen molar-refractivity contribution < 1.29 is 13.2 Å². The molecular formula is C13H14ClF3N4. The molecule has 1 unspecified atom stereocenters. The number of nitrogens with one attached hydrogen (secondary N) is 1. The molecule has 0 bridgehead atoms. The molecule has 0 amide bonds. The summed E-state index contributed by atoms with van der Waals surface area (Å²) in [6, 6.07) is 3.13. The van der Waals surface area contributed by atoms with Gasteiger partial charge in [0, 0.05) is 0 Å². The smallest absolute Gasteiger partial charge is 0.312 e. The Morgan fingerprint density at radius 3 is 2.52 bits per heavy atom. The van der Waals surface area contributed by atoms with Crippen LogP contribution in [0.3, 0.4) is 0 Å². The number of alkyl halides is 3. The van der Waals surface area contributed by atoms with Crippen LogP contribution in [0.15, 0.2) is 18.2 Å². The fraction of sp³-hybridized carbons (Fsp3) is 0.385. The van der Waals surface area contributed by atoms with Crippen LogP contribution in [-0.2, 0) is 6.18 Å². The molecule has 0 saturated heterocycles. The molecule has 0 spiro atoms. The van der Waals surface area contributed by atoms with Crippen molar-refractivity contribution in [2.24, 2.45) is 0 Å². The minimum absolute atomic E-state index is 0.0213. The van der Waals surface area contributed by atoms with Gasteiger partial charge in [0.2, 0.25) is 0 Å². The maximum Gasteiger partial charge on any atom is 0.416 e. The SMILES string of the molecule is CNC(C)c1nnn(-c2ccc(C(F)(F)F)cc2Cl)c1C. The van der Waals surface area contributed by atoms with Gasteiger partial charge in [-0.1, -0.05) is 16.8 Å². The number of aromatic nitrogens is 3. The number of rotatable bonds is 3. The highest BCUT2D eigenvalue weighted by Crippen LogP contribution is 2.33. The molecule has 0 saturated carbocycles. The molecule has 2 aromatic rings. The van der Waals surface area contributed by atoms with E-state index >= 15 is 0 Å². The van der Waals surface area contributed by atoms with Gasteiger partial charge in [0.25, 0.3) is 0 Å². The standard InChI is InChI=1S/C13H14ClF3N4/c1-7(18-3)12-8(2)21(20-19-12)11-5-4-9(6-10(11)14)13(15,16)17/h4-7,18H,1-3H3. The maximum absolute atomic E-state index is 12.6. The molecule has 1 heterocycles. The molecule has 0 radical (unpaired) electrons. The zero-order valence-corrected chi connectivity index (χ0v) is 12.4. The van der Waals surface area contributed by atoms with E-state index in [1.807, 2.05) is 6.92 Å². The van der Waals surface area contributed by atoms with Gasteiger partial charge in [-0.25, -0.2) is 4.68 Å². The van der Waals surface area contributed by atoms with E-state index in [-0.39, 0.29) is 11.1 Å². The lowest BCUT2D eigenvalue weighted by molar-refractivity contribution is -0.137. The first-order valence-corrected chi connectivity index (χ1v) is 6.60. The van der Waals surface area contributed by atoms with E-state index in [1.165, 1.54) is 10.7 Å². The molecule has 0 aliphatic carbocycles.